The lowest BCUT2D eigenvalue weighted by atomic mass is 9.93. The first-order valence-corrected chi connectivity index (χ1v) is 8.03. The first-order valence-electron chi connectivity index (χ1n) is 8.03. The number of hydrogen-bond acceptors (Lipinski definition) is 4. The second-order valence-corrected chi connectivity index (χ2v) is 6.05. The quantitative estimate of drug-likeness (QED) is 0.776. The number of anilines is 1. The van der Waals surface area contributed by atoms with Gasteiger partial charge in [0.25, 0.3) is 0 Å². The predicted molar refractivity (Wildman–Crippen MR) is 82.3 cm³/mol. The Kier molecular flexibility index (Phi) is 4.73. The van der Waals surface area contributed by atoms with E-state index in [-0.39, 0.29) is 17.6 Å². The minimum Gasteiger partial charge on any atom is -0.353 e. The van der Waals surface area contributed by atoms with Crippen LogP contribution in [0.1, 0.15) is 25.0 Å². The van der Waals surface area contributed by atoms with Crippen molar-refractivity contribution >= 4 is 11.7 Å². The van der Waals surface area contributed by atoms with E-state index in [1.807, 2.05) is 11.0 Å². The summed E-state index contributed by atoms with van der Waals surface area (Å²) < 4.78 is 38.2. The molecule has 5 nitrogen and oxygen atoms in total. The Morgan fingerprint density at radius 3 is 2.50 bits per heavy atom. The highest BCUT2D eigenvalue weighted by Crippen LogP contribution is 2.29. The molecular weight excluding hydrogens is 321 g/mol. The molecule has 1 aromatic rings. The van der Waals surface area contributed by atoms with E-state index in [1.165, 1.54) is 0 Å². The Balaban J connectivity index is 1.61. The molecule has 1 aromatic heterocycles. The summed E-state index contributed by atoms with van der Waals surface area (Å²) in [6.07, 6.45) is 3.17. The summed E-state index contributed by atoms with van der Waals surface area (Å²) in [6, 6.07) is 0.962. The third-order valence-corrected chi connectivity index (χ3v) is 4.48. The average molecular weight is 340 g/mol. The fourth-order valence-corrected chi connectivity index (χ4v) is 3.11. The van der Waals surface area contributed by atoms with Gasteiger partial charge in [-0.05, 0) is 19.3 Å². The van der Waals surface area contributed by atoms with E-state index in [1.54, 1.807) is 4.90 Å². The molecule has 0 aromatic carbocycles. The maximum Gasteiger partial charge on any atom is 0.433 e. The summed E-state index contributed by atoms with van der Waals surface area (Å²) in [4.78, 5) is 23.3. The van der Waals surface area contributed by atoms with Gasteiger partial charge in [-0.25, -0.2) is 9.97 Å². The van der Waals surface area contributed by atoms with Crippen molar-refractivity contribution in [1.82, 2.24) is 14.9 Å². The van der Waals surface area contributed by atoms with Gasteiger partial charge in [0.15, 0.2) is 0 Å². The van der Waals surface area contributed by atoms with Gasteiger partial charge in [-0.1, -0.05) is 12.2 Å². The van der Waals surface area contributed by atoms with Crippen molar-refractivity contribution in [3.05, 3.63) is 30.2 Å². The number of aromatic nitrogens is 2. The van der Waals surface area contributed by atoms with Crippen LogP contribution < -0.4 is 4.90 Å². The molecule has 0 radical (unpaired) electrons. The number of hydrogen-bond donors (Lipinski definition) is 0. The first kappa shape index (κ1) is 16.7. The lowest BCUT2D eigenvalue weighted by Crippen LogP contribution is -2.50. The van der Waals surface area contributed by atoms with E-state index in [9.17, 15) is 18.0 Å². The van der Waals surface area contributed by atoms with Gasteiger partial charge < -0.3 is 9.80 Å². The van der Waals surface area contributed by atoms with Crippen LogP contribution in [0.3, 0.4) is 0 Å². The summed E-state index contributed by atoms with van der Waals surface area (Å²) in [7, 11) is 0. The number of amides is 1. The van der Waals surface area contributed by atoms with E-state index in [0.717, 1.165) is 31.7 Å². The number of carbonyl (C=O) groups is 1. The zero-order chi connectivity index (χ0) is 17.2. The Morgan fingerprint density at radius 1 is 1.12 bits per heavy atom. The molecule has 24 heavy (non-hydrogen) atoms. The molecule has 130 valence electrons. The average Bonchev–Trinajstić information content (AvgIpc) is 2.61. The standard InChI is InChI=1S/C16H19F3N4O/c17-16(18,19)13-10-14(21-11-20-13)22-6-8-23(9-7-22)15(24)12-4-2-1-3-5-12/h1-2,10-12H,3-9H2. The van der Waals surface area contributed by atoms with Gasteiger partial charge in [-0.3, -0.25) is 4.79 Å². The molecule has 1 saturated heterocycles. The Morgan fingerprint density at radius 2 is 1.88 bits per heavy atom. The Bertz CT molecular complexity index is 624. The van der Waals surface area contributed by atoms with Crippen LogP contribution in [0, 0.1) is 5.92 Å². The normalized spacial score (nSPS) is 21.9. The van der Waals surface area contributed by atoms with Gasteiger partial charge in [-0.15, -0.1) is 0 Å². The Labute approximate surface area is 138 Å². The second-order valence-electron chi connectivity index (χ2n) is 6.05. The van der Waals surface area contributed by atoms with E-state index >= 15 is 0 Å². The summed E-state index contributed by atoms with van der Waals surface area (Å²) in [6.45, 7) is 1.96. The number of nitrogens with zero attached hydrogens (tertiary/aromatic N) is 4. The molecule has 1 atom stereocenters. The van der Waals surface area contributed by atoms with Crippen LogP contribution in [0.2, 0.25) is 0 Å². The number of allylic oxidation sites excluding steroid dienone is 2. The molecule has 1 amide bonds. The first-order chi connectivity index (χ1) is 11.4. The number of alkyl halides is 3. The molecule has 1 aliphatic heterocycles. The molecular formula is C16H19F3N4O. The van der Waals surface area contributed by atoms with Crippen molar-refractivity contribution in [1.29, 1.82) is 0 Å². The van der Waals surface area contributed by atoms with E-state index < -0.39 is 11.9 Å². The van der Waals surface area contributed by atoms with E-state index in [4.69, 9.17) is 0 Å². The molecule has 1 aliphatic carbocycles. The smallest absolute Gasteiger partial charge is 0.353 e. The number of carbonyl (C=O) groups excluding carboxylic acids is 1. The summed E-state index contributed by atoms with van der Waals surface area (Å²) in [5.41, 5.74) is -0.944. The van der Waals surface area contributed by atoms with Crippen LogP contribution in [-0.2, 0) is 11.0 Å². The van der Waals surface area contributed by atoms with Crippen molar-refractivity contribution in [2.24, 2.45) is 5.92 Å². The van der Waals surface area contributed by atoms with Gasteiger partial charge in [-0.2, -0.15) is 13.2 Å². The fraction of sp³-hybridized carbons (Fsp3) is 0.562. The molecule has 2 aliphatic rings. The van der Waals surface area contributed by atoms with Gasteiger partial charge in [0.05, 0.1) is 0 Å². The maximum absolute atomic E-state index is 12.7. The SMILES string of the molecule is O=C(C1CC=CCC1)N1CCN(c2cc(C(F)(F)F)ncn2)CC1. The third kappa shape index (κ3) is 3.68. The fourth-order valence-electron chi connectivity index (χ4n) is 3.11. The number of rotatable bonds is 2. The Hall–Kier alpha value is -2.12. The van der Waals surface area contributed by atoms with Crippen LogP contribution in [0.15, 0.2) is 24.5 Å². The van der Waals surface area contributed by atoms with Crippen molar-refractivity contribution in [2.45, 2.75) is 25.4 Å². The van der Waals surface area contributed by atoms with E-state index in [0.29, 0.717) is 26.2 Å². The molecule has 0 saturated carbocycles. The molecule has 1 unspecified atom stereocenters. The molecule has 3 rings (SSSR count). The molecule has 2 heterocycles. The number of piperazine rings is 1. The molecule has 0 spiro atoms. The van der Waals surface area contributed by atoms with Gasteiger partial charge >= 0.3 is 6.18 Å². The highest BCUT2D eigenvalue weighted by Gasteiger charge is 2.34. The van der Waals surface area contributed by atoms with Crippen LogP contribution in [0.25, 0.3) is 0 Å². The van der Waals surface area contributed by atoms with Crippen LogP contribution in [-0.4, -0.2) is 47.0 Å². The van der Waals surface area contributed by atoms with Crippen molar-refractivity contribution in [3.63, 3.8) is 0 Å². The largest absolute Gasteiger partial charge is 0.433 e. The van der Waals surface area contributed by atoms with Crippen molar-refractivity contribution in [3.8, 4) is 0 Å². The third-order valence-electron chi connectivity index (χ3n) is 4.48. The van der Waals surface area contributed by atoms with Crippen LogP contribution in [0.5, 0.6) is 0 Å². The lowest BCUT2D eigenvalue weighted by molar-refractivity contribution is -0.141. The monoisotopic (exact) mass is 340 g/mol. The van der Waals surface area contributed by atoms with Crippen molar-refractivity contribution in [2.75, 3.05) is 31.1 Å². The maximum atomic E-state index is 12.7. The van der Waals surface area contributed by atoms with Crippen LogP contribution in [0.4, 0.5) is 19.0 Å². The molecule has 8 heteroatoms. The van der Waals surface area contributed by atoms with Crippen molar-refractivity contribution < 1.29 is 18.0 Å². The highest BCUT2D eigenvalue weighted by molar-refractivity contribution is 5.79. The summed E-state index contributed by atoms with van der Waals surface area (Å²) >= 11 is 0. The topological polar surface area (TPSA) is 49.3 Å². The minimum absolute atomic E-state index is 0.0393. The summed E-state index contributed by atoms with van der Waals surface area (Å²) in [5.74, 6) is 0.445. The predicted octanol–water partition coefficient (Wildman–Crippen LogP) is 2.50. The minimum atomic E-state index is -4.48. The second kappa shape index (κ2) is 6.78. The summed E-state index contributed by atoms with van der Waals surface area (Å²) in [5, 5.41) is 0. The van der Waals surface area contributed by atoms with E-state index in [2.05, 4.69) is 16.0 Å². The number of halogens is 3. The molecule has 0 N–H and O–H groups in total. The zero-order valence-corrected chi connectivity index (χ0v) is 13.2. The van der Waals surface area contributed by atoms with Gasteiger partial charge in [0.1, 0.15) is 17.8 Å². The zero-order valence-electron chi connectivity index (χ0n) is 13.2. The van der Waals surface area contributed by atoms with Gasteiger partial charge in [0.2, 0.25) is 5.91 Å². The molecule has 0 bridgehead atoms. The van der Waals surface area contributed by atoms with Crippen LogP contribution >= 0.6 is 0 Å². The highest BCUT2D eigenvalue weighted by atomic mass is 19.4. The molecule has 1 fully saturated rings. The lowest BCUT2D eigenvalue weighted by Gasteiger charge is -2.37. The van der Waals surface area contributed by atoms with Gasteiger partial charge in [0, 0.05) is 38.2 Å².